The Kier molecular flexibility index (Phi) is 2.84. The van der Waals surface area contributed by atoms with Crippen LogP contribution in [-0.4, -0.2) is 36.4 Å². The topological polar surface area (TPSA) is 58.6 Å². The molecule has 2 atom stereocenters. The van der Waals surface area contributed by atoms with Crippen LogP contribution in [0.4, 0.5) is 0 Å². The summed E-state index contributed by atoms with van der Waals surface area (Å²) in [5.74, 6) is -0.319. The van der Waals surface area contributed by atoms with E-state index in [2.05, 4.69) is 5.32 Å². The highest BCUT2D eigenvalue weighted by atomic mass is 16.5. The summed E-state index contributed by atoms with van der Waals surface area (Å²) in [5, 5.41) is 11.5. The van der Waals surface area contributed by atoms with Gasteiger partial charge in [0, 0.05) is 6.61 Å². The fourth-order valence-corrected chi connectivity index (χ4v) is 0.970. The summed E-state index contributed by atoms with van der Waals surface area (Å²) in [4.78, 5) is 10.9. The van der Waals surface area contributed by atoms with Crippen molar-refractivity contribution in [3.8, 4) is 0 Å². The molecule has 0 aromatic rings. The molecule has 4 nitrogen and oxygen atoms in total. The van der Waals surface area contributed by atoms with Gasteiger partial charge in [-0.25, -0.2) is 0 Å². The van der Waals surface area contributed by atoms with Gasteiger partial charge in [0.1, 0.15) is 6.10 Å². The molecule has 2 N–H and O–H groups in total. The van der Waals surface area contributed by atoms with Crippen LogP contribution in [0.2, 0.25) is 0 Å². The Morgan fingerprint density at radius 2 is 2.55 bits per heavy atom. The molecule has 0 aromatic carbocycles. The lowest BCUT2D eigenvalue weighted by molar-refractivity contribution is -0.129. The van der Waals surface area contributed by atoms with Crippen LogP contribution in [0, 0.1) is 0 Å². The number of amides is 1. The van der Waals surface area contributed by atoms with Crippen LogP contribution in [0.3, 0.4) is 0 Å². The van der Waals surface area contributed by atoms with Crippen molar-refractivity contribution in [3.05, 3.63) is 0 Å². The number of rotatable bonds is 2. The third kappa shape index (κ3) is 2.48. The largest absolute Gasteiger partial charge is 0.384 e. The first-order valence-corrected chi connectivity index (χ1v) is 3.76. The lowest BCUT2D eigenvalue weighted by Crippen LogP contribution is -2.40. The van der Waals surface area contributed by atoms with Crippen LogP contribution in [-0.2, 0) is 9.53 Å². The molecule has 1 unspecified atom stereocenters. The van der Waals surface area contributed by atoms with Gasteiger partial charge in [-0.15, -0.1) is 0 Å². The molecule has 1 aliphatic heterocycles. The molecule has 1 fully saturated rings. The van der Waals surface area contributed by atoms with Gasteiger partial charge >= 0.3 is 0 Å². The summed E-state index contributed by atoms with van der Waals surface area (Å²) in [5.41, 5.74) is 0. The molecule has 1 rings (SSSR count). The van der Waals surface area contributed by atoms with Crippen LogP contribution in [0.5, 0.6) is 0 Å². The van der Waals surface area contributed by atoms with E-state index in [1.54, 1.807) is 0 Å². The Labute approximate surface area is 65.5 Å². The standard InChI is InChI=1S/C7H13NO3/c1-5(9)7(10)8-6-2-3-11-4-6/h5-6,9H,2-4H2,1H3,(H,8,10)/t5-,6?/m1/s1. The van der Waals surface area contributed by atoms with Gasteiger partial charge in [0.2, 0.25) is 5.91 Å². The molecular weight excluding hydrogens is 146 g/mol. The first-order chi connectivity index (χ1) is 5.20. The number of hydrogen-bond acceptors (Lipinski definition) is 3. The lowest BCUT2D eigenvalue weighted by atomic mass is 10.2. The highest BCUT2D eigenvalue weighted by Crippen LogP contribution is 2.02. The Morgan fingerprint density at radius 3 is 3.00 bits per heavy atom. The molecule has 1 aliphatic rings. The third-order valence-electron chi connectivity index (χ3n) is 1.66. The van der Waals surface area contributed by atoms with E-state index in [0.29, 0.717) is 13.2 Å². The second kappa shape index (κ2) is 3.69. The molecule has 1 saturated heterocycles. The summed E-state index contributed by atoms with van der Waals surface area (Å²) in [6.45, 7) is 2.72. The van der Waals surface area contributed by atoms with E-state index in [1.807, 2.05) is 0 Å². The molecule has 0 aliphatic carbocycles. The maximum Gasteiger partial charge on any atom is 0.248 e. The summed E-state index contributed by atoms with van der Waals surface area (Å²) in [6, 6.07) is 0.0945. The number of hydrogen-bond donors (Lipinski definition) is 2. The highest BCUT2D eigenvalue weighted by molar-refractivity contribution is 5.80. The fourth-order valence-electron chi connectivity index (χ4n) is 0.970. The first kappa shape index (κ1) is 8.49. The van der Waals surface area contributed by atoms with Crippen LogP contribution in [0.1, 0.15) is 13.3 Å². The number of ether oxygens (including phenoxy) is 1. The number of carbonyl (C=O) groups is 1. The van der Waals surface area contributed by atoms with E-state index in [1.165, 1.54) is 6.92 Å². The van der Waals surface area contributed by atoms with Crippen molar-refractivity contribution >= 4 is 5.91 Å². The van der Waals surface area contributed by atoms with E-state index in [0.717, 1.165) is 6.42 Å². The minimum absolute atomic E-state index is 0.0945. The SMILES string of the molecule is C[C@@H](O)C(=O)NC1CCOC1. The highest BCUT2D eigenvalue weighted by Gasteiger charge is 2.19. The number of carbonyl (C=O) groups excluding carboxylic acids is 1. The molecule has 1 heterocycles. The van der Waals surface area contributed by atoms with Crippen molar-refractivity contribution in [2.75, 3.05) is 13.2 Å². The molecule has 0 radical (unpaired) electrons. The van der Waals surface area contributed by atoms with E-state index in [-0.39, 0.29) is 11.9 Å². The van der Waals surface area contributed by atoms with Crippen molar-refractivity contribution in [2.24, 2.45) is 0 Å². The van der Waals surface area contributed by atoms with Crippen LogP contribution in [0.15, 0.2) is 0 Å². The van der Waals surface area contributed by atoms with Gasteiger partial charge in [-0.3, -0.25) is 4.79 Å². The maximum absolute atomic E-state index is 10.9. The van der Waals surface area contributed by atoms with Crippen molar-refractivity contribution < 1.29 is 14.6 Å². The molecule has 0 spiro atoms. The zero-order valence-corrected chi connectivity index (χ0v) is 6.54. The van der Waals surface area contributed by atoms with Gasteiger partial charge in [0.05, 0.1) is 12.6 Å². The van der Waals surface area contributed by atoms with Gasteiger partial charge in [-0.05, 0) is 13.3 Å². The summed E-state index contributed by atoms with van der Waals surface area (Å²) in [6.07, 6.45) is -0.0750. The predicted octanol–water partition coefficient (Wildman–Crippen LogP) is -0.728. The molecule has 0 saturated carbocycles. The Balaban J connectivity index is 2.24. The van der Waals surface area contributed by atoms with Crippen LogP contribution >= 0.6 is 0 Å². The summed E-state index contributed by atoms with van der Waals surface area (Å²) < 4.78 is 5.04. The van der Waals surface area contributed by atoms with Crippen molar-refractivity contribution in [1.29, 1.82) is 0 Å². The zero-order chi connectivity index (χ0) is 8.27. The molecular formula is C7H13NO3. The van der Waals surface area contributed by atoms with Crippen molar-refractivity contribution in [1.82, 2.24) is 5.32 Å². The van der Waals surface area contributed by atoms with Crippen LogP contribution in [0.25, 0.3) is 0 Å². The van der Waals surface area contributed by atoms with Crippen molar-refractivity contribution in [3.63, 3.8) is 0 Å². The average Bonchev–Trinajstić information content (AvgIpc) is 2.39. The zero-order valence-electron chi connectivity index (χ0n) is 6.54. The second-order valence-corrected chi connectivity index (χ2v) is 2.75. The second-order valence-electron chi connectivity index (χ2n) is 2.75. The van der Waals surface area contributed by atoms with E-state index in [9.17, 15) is 4.79 Å². The molecule has 0 aromatic heterocycles. The van der Waals surface area contributed by atoms with Gasteiger partial charge in [-0.1, -0.05) is 0 Å². The molecule has 1 amide bonds. The van der Waals surface area contributed by atoms with Crippen LogP contribution < -0.4 is 5.32 Å². The Hall–Kier alpha value is -0.610. The Morgan fingerprint density at radius 1 is 1.82 bits per heavy atom. The van der Waals surface area contributed by atoms with E-state index < -0.39 is 6.10 Å². The maximum atomic E-state index is 10.9. The van der Waals surface area contributed by atoms with Gasteiger partial charge in [0.25, 0.3) is 0 Å². The molecule has 4 heteroatoms. The lowest BCUT2D eigenvalue weighted by Gasteiger charge is -2.11. The minimum atomic E-state index is -0.921. The summed E-state index contributed by atoms with van der Waals surface area (Å²) >= 11 is 0. The predicted molar refractivity (Wildman–Crippen MR) is 39.0 cm³/mol. The number of aliphatic hydroxyl groups is 1. The molecule has 11 heavy (non-hydrogen) atoms. The molecule has 0 bridgehead atoms. The monoisotopic (exact) mass is 159 g/mol. The first-order valence-electron chi connectivity index (χ1n) is 3.76. The summed E-state index contributed by atoms with van der Waals surface area (Å²) in [7, 11) is 0. The third-order valence-corrected chi connectivity index (χ3v) is 1.66. The minimum Gasteiger partial charge on any atom is -0.384 e. The van der Waals surface area contributed by atoms with E-state index >= 15 is 0 Å². The van der Waals surface area contributed by atoms with E-state index in [4.69, 9.17) is 9.84 Å². The van der Waals surface area contributed by atoms with Crippen molar-refractivity contribution in [2.45, 2.75) is 25.5 Å². The Bertz CT molecular complexity index is 141. The molecule has 64 valence electrons. The quantitative estimate of drug-likeness (QED) is 0.558. The van der Waals surface area contributed by atoms with Gasteiger partial charge in [-0.2, -0.15) is 0 Å². The smallest absolute Gasteiger partial charge is 0.248 e. The fraction of sp³-hybridized carbons (Fsp3) is 0.857. The van der Waals surface area contributed by atoms with Gasteiger partial charge < -0.3 is 15.2 Å². The van der Waals surface area contributed by atoms with Gasteiger partial charge in [0.15, 0.2) is 0 Å². The normalized spacial score (nSPS) is 26.5. The average molecular weight is 159 g/mol. The number of aliphatic hydroxyl groups excluding tert-OH is 1. The number of nitrogens with one attached hydrogen (secondary N) is 1.